The Bertz CT molecular complexity index is 1230. The number of hydrogen-bond donors (Lipinski definition) is 1. The van der Waals surface area contributed by atoms with Gasteiger partial charge in [-0.15, -0.1) is 0 Å². The predicted octanol–water partition coefficient (Wildman–Crippen LogP) is 1.50. The second-order valence-electron chi connectivity index (χ2n) is 7.65. The number of carbonyl (C=O) groups is 1. The molecule has 8 heteroatoms. The van der Waals surface area contributed by atoms with Gasteiger partial charge in [-0.25, -0.2) is 9.67 Å². The summed E-state index contributed by atoms with van der Waals surface area (Å²) in [6.45, 7) is 6.28. The van der Waals surface area contributed by atoms with Gasteiger partial charge in [0.1, 0.15) is 5.82 Å². The van der Waals surface area contributed by atoms with Crippen LogP contribution in [0.1, 0.15) is 42.7 Å². The first-order valence-corrected chi connectivity index (χ1v) is 9.72. The van der Waals surface area contributed by atoms with Crippen LogP contribution in [-0.2, 0) is 24.2 Å². The molecule has 0 aliphatic carbocycles. The van der Waals surface area contributed by atoms with Crippen molar-refractivity contribution >= 4 is 16.7 Å². The van der Waals surface area contributed by atoms with Gasteiger partial charge in [-0.3, -0.25) is 14.4 Å². The highest BCUT2D eigenvalue weighted by Crippen LogP contribution is 2.18. The third kappa shape index (κ3) is 3.46. The number of fused-ring (bicyclic) bond motifs is 2. The van der Waals surface area contributed by atoms with Crippen molar-refractivity contribution in [2.24, 2.45) is 0 Å². The highest BCUT2D eigenvalue weighted by molar-refractivity contribution is 5.88. The van der Waals surface area contributed by atoms with Crippen molar-refractivity contribution in [3.05, 3.63) is 67.7 Å². The molecule has 1 aromatic carbocycles. The predicted molar refractivity (Wildman–Crippen MR) is 109 cm³/mol. The smallest absolute Gasteiger partial charge is 0.274 e. The summed E-state index contributed by atoms with van der Waals surface area (Å²) in [5.41, 5.74) is 1.60. The molecule has 0 bridgehead atoms. The van der Waals surface area contributed by atoms with E-state index < -0.39 is 0 Å². The Kier molecular flexibility index (Phi) is 4.77. The number of nitrogens with one attached hydrogen (secondary N) is 1. The molecule has 3 aromatic rings. The van der Waals surface area contributed by atoms with Crippen LogP contribution in [0, 0.1) is 6.92 Å². The SMILES string of the molecule is Cc1nc2c(c(=O)[nH]1)CCN(C(=O)Cc1nn(C(C)C)c(=O)c3ccccc13)C2. The van der Waals surface area contributed by atoms with Gasteiger partial charge in [0.25, 0.3) is 11.1 Å². The number of aryl methyl sites for hydroxylation is 1. The van der Waals surface area contributed by atoms with E-state index in [1.54, 1.807) is 17.9 Å². The maximum absolute atomic E-state index is 13.0. The molecule has 3 heterocycles. The van der Waals surface area contributed by atoms with Crippen LogP contribution in [0.4, 0.5) is 0 Å². The summed E-state index contributed by atoms with van der Waals surface area (Å²) in [6, 6.07) is 7.14. The van der Waals surface area contributed by atoms with Crippen LogP contribution in [0.15, 0.2) is 33.9 Å². The summed E-state index contributed by atoms with van der Waals surface area (Å²) in [6.07, 6.45) is 0.564. The van der Waals surface area contributed by atoms with Crippen molar-refractivity contribution < 1.29 is 4.79 Å². The molecule has 0 saturated heterocycles. The van der Waals surface area contributed by atoms with Crippen molar-refractivity contribution in [2.75, 3.05) is 6.54 Å². The average molecular weight is 393 g/mol. The molecule has 29 heavy (non-hydrogen) atoms. The van der Waals surface area contributed by atoms with Gasteiger partial charge < -0.3 is 9.88 Å². The maximum atomic E-state index is 13.0. The van der Waals surface area contributed by atoms with E-state index in [4.69, 9.17) is 0 Å². The molecular weight excluding hydrogens is 370 g/mol. The van der Waals surface area contributed by atoms with Crippen molar-refractivity contribution in [2.45, 2.75) is 46.2 Å². The normalized spacial score (nSPS) is 13.7. The van der Waals surface area contributed by atoms with Crippen LogP contribution >= 0.6 is 0 Å². The van der Waals surface area contributed by atoms with Crippen molar-refractivity contribution in [3.8, 4) is 0 Å². The molecule has 4 rings (SSSR count). The van der Waals surface area contributed by atoms with Gasteiger partial charge in [-0.1, -0.05) is 18.2 Å². The Morgan fingerprint density at radius 2 is 1.93 bits per heavy atom. The zero-order valence-electron chi connectivity index (χ0n) is 16.7. The van der Waals surface area contributed by atoms with Gasteiger partial charge >= 0.3 is 0 Å². The van der Waals surface area contributed by atoms with E-state index in [2.05, 4.69) is 15.1 Å². The number of nitrogens with zero attached hydrogens (tertiary/aromatic N) is 4. The van der Waals surface area contributed by atoms with Gasteiger partial charge in [0.15, 0.2) is 0 Å². The van der Waals surface area contributed by atoms with Gasteiger partial charge in [0, 0.05) is 17.5 Å². The molecule has 1 N–H and O–H groups in total. The van der Waals surface area contributed by atoms with Gasteiger partial charge in [-0.05, 0) is 33.3 Å². The number of aromatic nitrogens is 4. The molecule has 1 aliphatic heterocycles. The van der Waals surface area contributed by atoms with Crippen LogP contribution in [0.25, 0.3) is 10.8 Å². The first-order chi connectivity index (χ1) is 13.8. The molecule has 1 aliphatic rings. The highest BCUT2D eigenvalue weighted by Gasteiger charge is 2.25. The number of H-pyrrole nitrogens is 1. The summed E-state index contributed by atoms with van der Waals surface area (Å²) in [7, 11) is 0. The Balaban J connectivity index is 1.67. The summed E-state index contributed by atoms with van der Waals surface area (Å²) >= 11 is 0. The summed E-state index contributed by atoms with van der Waals surface area (Å²) in [4.78, 5) is 46.6. The quantitative estimate of drug-likeness (QED) is 0.727. The third-order valence-corrected chi connectivity index (χ3v) is 5.26. The first-order valence-electron chi connectivity index (χ1n) is 9.72. The molecule has 2 aromatic heterocycles. The Labute approximate surface area is 167 Å². The first kappa shape index (κ1) is 19.0. The van der Waals surface area contributed by atoms with E-state index >= 15 is 0 Å². The molecule has 0 unspecified atom stereocenters. The average Bonchev–Trinajstić information content (AvgIpc) is 2.69. The minimum absolute atomic E-state index is 0.0883. The number of aromatic amines is 1. The molecule has 0 atom stereocenters. The second-order valence-corrected chi connectivity index (χ2v) is 7.65. The number of hydrogen-bond acceptors (Lipinski definition) is 5. The van der Waals surface area contributed by atoms with E-state index in [9.17, 15) is 14.4 Å². The van der Waals surface area contributed by atoms with E-state index in [1.165, 1.54) is 4.68 Å². The zero-order valence-corrected chi connectivity index (χ0v) is 16.7. The Hall–Kier alpha value is -3.29. The standard InChI is InChI=1S/C21H23N5O3/c1-12(2)26-21(29)15-7-5-4-6-14(15)17(24-26)10-19(27)25-9-8-16-18(11-25)22-13(3)23-20(16)28/h4-7,12H,8-11H2,1-3H3,(H,22,23,28). The van der Waals surface area contributed by atoms with E-state index in [0.717, 1.165) is 0 Å². The van der Waals surface area contributed by atoms with Crippen LogP contribution in [0.5, 0.6) is 0 Å². The molecule has 1 amide bonds. The van der Waals surface area contributed by atoms with Gasteiger partial charge in [0.05, 0.1) is 35.8 Å². The molecular formula is C21H23N5O3. The summed E-state index contributed by atoms with van der Waals surface area (Å²) in [5.74, 6) is 0.446. The largest absolute Gasteiger partial charge is 0.336 e. The fraction of sp³-hybridized carbons (Fsp3) is 0.381. The van der Waals surface area contributed by atoms with Crippen molar-refractivity contribution in [3.63, 3.8) is 0 Å². The van der Waals surface area contributed by atoms with Gasteiger partial charge in [0.2, 0.25) is 5.91 Å². The summed E-state index contributed by atoms with van der Waals surface area (Å²) in [5, 5.41) is 5.75. The molecule has 0 fully saturated rings. The summed E-state index contributed by atoms with van der Waals surface area (Å²) < 4.78 is 1.43. The number of amides is 1. The third-order valence-electron chi connectivity index (χ3n) is 5.26. The van der Waals surface area contributed by atoms with Gasteiger partial charge in [-0.2, -0.15) is 5.10 Å². The van der Waals surface area contributed by atoms with Crippen LogP contribution in [0.2, 0.25) is 0 Å². The number of benzene rings is 1. The maximum Gasteiger partial charge on any atom is 0.274 e. The molecule has 150 valence electrons. The highest BCUT2D eigenvalue weighted by atomic mass is 16.2. The molecule has 0 radical (unpaired) electrons. The fourth-order valence-corrected chi connectivity index (χ4v) is 3.79. The fourth-order valence-electron chi connectivity index (χ4n) is 3.79. The Morgan fingerprint density at radius 3 is 2.66 bits per heavy atom. The number of carbonyl (C=O) groups excluding carboxylic acids is 1. The lowest BCUT2D eigenvalue weighted by Crippen LogP contribution is -2.40. The molecule has 0 saturated carbocycles. The lowest BCUT2D eigenvalue weighted by Gasteiger charge is -2.28. The lowest BCUT2D eigenvalue weighted by molar-refractivity contribution is -0.131. The van der Waals surface area contributed by atoms with Crippen LogP contribution in [-0.4, -0.2) is 37.1 Å². The molecule has 0 spiro atoms. The van der Waals surface area contributed by atoms with E-state index in [1.807, 2.05) is 32.0 Å². The van der Waals surface area contributed by atoms with E-state index in [0.29, 0.717) is 53.1 Å². The lowest BCUT2D eigenvalue weighted by atomic mass is 10.0. The Morgan fingerprint density at radius 1 is 1.21 bits per heavy atom. The van der Waals surface area contributed by atoms with Crippen molar-refractivity contribution in [1.29, 1.82) is 0 Å². The minimum atomic E-state index is -0.155. The van der Waals surface area contributed by atoms with E-state index in [-0.39, 0.29) is 29.5 Å². The van der Waals surface area contributed by atoms with Crippen LogP contribution < -0.4 is 11.1 Å². The zero-order chi connectivity index (χ0) is 20.7. The second kappa shape index (κ2) is 7.27. The van der Waals surface area contributed by atoms with Crippen LogP contribution in [0.3, 0.4) is 0 Å². The molecule has 8 nitrogen and oxygen atoms in total. The minimum Gasteiger partial charge on any atom is -0.336 e. The topological polar surface area (TPSA) is 101 Å². The number of rotatable bonds is 3. The monoisotopic (exact) mass is 393 g/mol. The van der Waals surface area contributed by atoms with Crippen molar-refractivity contribution in [1.82, 2.24) is 24.6 Å².